The number of carbonyl (C=O) groups is 1. The van der Waals surface area contributed by atoms with Gasteiger partial charge in [0.2, 0.25) is 15.9 Å². The molecule has 1 N–H and O–H groups in total. The number of anilines is 1. The number of aryl methyl sites for hydroxylation is 2. The van der Waals surface area contributed by atoms with E-state index in [1.54, 1.807) is 0 Å². The third-order valence-electron chi connectivity index (χ3n) is 5.59. The van der Waals surface area contributed by atoms with E-state index in [0.717, 1.165) is 42.4 Å². The van der Waals surface area contributed by atoms with Crippen molar-refractivity contribution in [3.05, 3.63) is 59.2 Å². The largest absolute Gasteiger partial charge is 0.403 e. The summed E-state index contributed by atoms with van der Waals surface area (Å²) in [5.41, 5.74) is 3.15. The third kappa shape index (κ3) is 4.73. The fraction of sp³-hybridized carbons (Fsp3) is 0.348. The maximum absolute atomic E-state index is 12.9. The van der Waals surface area contributed by atoms with Gasteiger partial charge in [-0.2, -0.15) is 4.31 Å². The van der Waals surface area contributed by atoms with E-state index >= 15 is 0 Å². The van der Waals surface area contributed by atoms with Crippen LogP contribution in [0, 0.1) is 13.8 Å². The van der Waals surface area contributed by atoms with E-state index in [1.165, 1.54) is 28.6 Å². The van der Waals surface area contributed by atoms with Crippen LogP contribution in [0.3, 0.4) is 0 Å². The summed E-state index contributed by atoms with van der Waals surface area (Å²) in [6.45, 7) is 4.98. The maximum atomic E-state index is 12.9. The molecule has 0 aliphatic carbocycles. The second-order valence-corrected chi connectivity index (χ2v) is 9.97. The molecule has 1 aliphatic rings. The molecule has 2 heterocycles. The number of rotatable bonds is 5. The summed E-state index contributed by atoms with van der Waals surface area (Å²) in [6, 6.07) is 11.8. The first-order valence-corrected chi connectivity index (χ1v) is 12.1. The number of aromatic nitrogens is 2. The Morgan fingerprint density at radius 2 is 1.66 bits per heavy atom. The van der Waals surface area contributed by atoms with Gasteiger partial charge in [0.25, 0.3) is 5.91 Å². The lowest BCUT2D eigenvalue weighted by Gasteiger charge is -2.19. The molecule has 0 radical (unpaired) electrons. The van der Waals surface area contributed by atoms with Crippen molar-refractivity contribution in [3.63, 3.8) is 0 Å². The van der Waals surface area contributed by atoms with Crippen LogP contribution in [0.2, 0.25) is 0 Å². The zero-order chi connectivity index (χ0) is 22.7. The number of nitrogens with zero attached hydrogens (tertiary/aromatic N) is 3. The van der Waals surface area contributed by atoms with Crippen molar-refractivity contribution in [2.24, 2.45) is 0 Å². The average molecular weight is 455 g/mol. The molecule has 0 bridgehead atoms. The lowest BCUT2D eigenvalue weighted by Crippen LogP contribution is -2.31. The summed E-state index contributed by atoms with van der Waals surface area (Å²) in [5.74, 6) is -0.139. The van der Waals surface area contributed by atoms with Crippen molar-refractivity contribution in [1.82, 2.24) is 14.5 Å². The Morgan fingerprint density at radius 3 is 2.34 bits per heavy atom. The van der Waals surface area contributed by atoms with Gasteiger partial charge in [-0.1, -0.05) is 35.6 Å². The molecule has 0 atom stereocenters. The van der Waals surface area contributed by atoms with Gasteiger partial charge in [0.15, 0.2) is 0 Å². The van der Waals surface area contributed by atoms with Crippen LogP contribution in [0.5, 0.6) is 0 Å². The molecule has 1 amide bonds. The zero-order valence-corrected chi connectivity index (χ0v) is 19.0. The Morgan fingerprint density at radius 1 is 0.969 bits per heavy atom. The first-order valence-electron chi connectivity index (χ1n) is 10.7. The predicted octanol–water partition coefficient (Wildman–Crippen LogP) is 4.17. The highest BCUT2D eigenvalue weighted by atomic mass is 32.2. The predicted molar refractivity (Wildman–Crippen MR) is 121 cm³/mol. The van der Waals surface area contributed by atoms with Crippen LogP contribution < -0.4 is 5.32 Å². The first kappa shape index (κ1) is 22.2. The van der Waals surface area contributed by atoms with Gasteiger partial charge in [-0.25, -0.2) is 8.42 Å². The van der Waals surface area contributed by atoms with E-state index < -0.39 is 15.9 Å². The van der Waals surface area contributed by atoms with Crippen LogP contribution in [0.25, 0.3) is 11.5 Å². The van der Waals surface area contributed by atoms with Gasteiger partial charge >= 0.3 is 6.01 Å². The lowest BCUT2D eigenvalue weighted by molar-refractivity contribution is 0.102. The van der Waals surface area contributed by atoms with E-state index in [0.29, 0.717) is 24.5 Å². The summed E-state index contributed by atoms with van der Waals surface area (Å²) in [4.78, 5) is 12.8. The van der Waals surface area contributed by atoms with Gasteiger partial charge < -0.3 is 4.42 Å². The van der Waals surface area contributed by atoms with Crippen molar-refractivity contribution in [2.45, 2.75) is 44.4 Å². The molecule has 1 saturated heterocycles. The number of hydrogen-bond donors (Lipinski definition) is 1. The smallest absolute Gasteiger partial charge is 0.322 e. The summed E-state index contributed by atoms with van der Waals surface area (Å²) in [7, 11) is -3.56. The second-order valence-electron chi connectivity index (χ2n) is 8.03. The summed E-state index contributed by atoms with van der Waals surface area (Å²) >= 11 is 0. The molecular weight excluding hydrogens is 428 g/mol. The van der Waals surface area contributed by atoms with Crippen LogP contribution >= 0.6 is 0 Å². The minimum Gasteiger partial charge on any atom is -0.403 e. The van der Waals surface area contributed by atoms with Gasteiger partial charge in [-0.3, -0.25) is 10.1 Å². The number of carbonyl (C=O) groups excluding carboxylic acids is 1. The maximum Gasteiger partial charge on any atom is 0.322 e. The van der Waals surface area contributed by atoms with E-state index in [9.17, 15) is 13.2 Å². The molecule has 3 aromatic rings. The van der Waals surface area contributed by atoms with Gasteiger partial charge in [0.05, 0.1) is 4.90 Å². The normalized spacial score (nSPS) is 15.3. The van der Waals surface area contributed by atoms with Crippen LogP contribution in [0.15, 0.2) is 51.8 Å². The summed E-state index contributed by atoms with van der Waals surface area (Å²) < 4.78 is 32.9. The monoisotopic (exact) mass is 454 g/mol. The average Bonchev–Trinajstić information content (AvgIpc) is 3.06. The second kappa shape index (κ2) is 9.22. The van der Waals surface area contributed by atoms with Crippen molar-refractivity contribution < 1.29 is 17.6 Å². The van der Waals surface area contributed by atoms with Crippen molar-refractivity contribution in [1.29, 1.82) is 0 Å². The van der Waals surface area contributed by atoms with E-state index in [4.69, 9.17) is 4.42 Å². The molecule has 2 aromatic carbocycles. The fourth-order valence-electron chi connectivity index (χ4n) is 3.73. The van der Waals surface area contributed by atoms with E-state index in [-0.39, 0.29) is 10.9 Å². The minimum absolute atomic E-state index is 0.0211. The molecule has 0 saturated carbocycles. The Hall–Kier alpha value is -3.04. The molecule has 168 valence electrons. The molecule has 4 rings (SSSR count). The highest BCUT2D eigenvalue weighted by Gasteiger charge is 2.25. The zero-order valence-electron chi connectivity index (χ0n) is 18.2. The lowest BCUT2D eigenvalue weighted by atomic mass is 10.1. The van der Waals surface area contributed by atoms with Gasteiger partial charge in [0, 0.05) is 24.2 Å². The van der Waals surface area contributed by atoms with Crippen molar-refractivity contribution in [3.8, 4) is 11.5 Å². The molecule has 1 fully saturated rings. The highest BCUT2D eigenvalue weighted by Crippen LogP contribution is 2.25. The number of nitrogens with one attached hydrogen (secondary N) is 1. The number of benzene rings is 2. The Bertz CT molecular complexity index is 1210. The highest BCUT2D eigenvalue weighted by molar-refractivity contribution is 7.89. The number of hydrogen-bond acceptors (Lipinski definition) is 6. The Labute approximate surface area is 187 Å². The topological polar surface area (TPSA) is 105 Å². The third-order valence-corrected chi connectivity index (χ3v) is 7.50. The van der Waals surface area contributed by atoms with Gasteiger partial charge in [0.1, 0.15) is 0 Å². The fourth-order valence-corrected chi connectivity index (χ4v) is 5.24. The summed E-state index contributed by atoms with van der Waals surface area (Å²) in [5, 5.41) is 10.5. The van der Waals surface area contributed by atoms with Crippen molar-refractivity contribution >= 4 is 21.9 Å². The Kier molecular flexibility index (Phi) is 6.38. The molecule has 32 heavy (non-hydrogen) atoms. The molecule has 0 unspecified atom stereocenters. The van der Waals surface area contributed by atoms with Crippen molar-refractivity contribution in [2.75, 3.05) is 18.4 Å². The van der Waals surface area contributed by atoms with Gasteiger partial charge in [-0.05, 0) is 62.6 Å². The van der Waals surface area contributed by atoms with Crippen LogP contribution in [0.4, 0.5) is 6.01 Å². The standard InChI is InChI=1S/C23H26N4O4S/c1-16-7-8-17(2)20(15-16)22-25-26-23(31-22)24-21(28)18-9-11-19(12-10-18)32(29,30)27-13-5-3-4-6-14-27/h7-12,15H,3-6,13-14H2,1-2H3,(H,24,26,28). The number of amides is 1. The first-order chi connectivity index (χ1) is 15.3. The SMILES string of the molecule is Cc1ccc(C)c(-c2nnc(NC(=O)c3ccc(S(=O)(=O)N4CCCCCC4)cc3)o2)c1. The molecule has 0 spiro atoms. The molecule has 8 nitrogen and oxygen atoms in total. The molecule has 1 aromatic heterocycles. The minimum atomic E-state index is -3.56. The quantitative estimate of drug-likeness (QED) is 0.620. The molecular formula is C23H26N4O4S. The van der Waals surface area contributed by atoms with Gasteiger partial charge in [-0.15, -0.1) is 5.10 Å². The summed E-state index contributed by atoms with van der Waals surface area (Å²) in [6.07, 6.45) is 3.83. The Balaban J connectivity index is 1.47. The van der Waals surface area contributed by atoms with Crippen LogP contribution in [-0.2, 0) is 10.0 Å². The van der Waals surface area contributed by atoms with E-state index in [1.807, 2.05) is 32.0 Å². The molecule has 9 heteroatoms. The number of sulfonamides is 1. The molecule has 1 aliphatic heterocycles. The van der Waals surface area contributed by atoms with E-state index in [2.05, 4.69) is 15.5 Å². The van der Waals surface area contributed by atoms with Crippen LogP contribution in [-0.4, -0.2) is 41.9 Å². The van der Waals surface area contributed by atoms with Crippen LogP contribution in [0.1, 0.15) is 47.2 Å².